The van der Waals surface area contributed by atoms with Crippen LogP contribution < -0.4 is 9.88 Å². The third kappa shape index (κ3) is 3.95. The molecule has 2 N–H and O–H groups in total. The van der Waals surface area contributed by atoms with Crippen LogP contribution in [0.15, 0.2) is 23.1 Å². The maximum absolute atomic E-state index is 13.3. The van der Waals surface area contributed by atoms with Gasteiger partial charge in [-0.05, 0) is 12.1 Å². The van der Waals surface area contributed by atoms with E-state index in [1.807, 2.05) is 0 Å². The van der Waals surface area contributed by atoms with E-state index < -0.39 is 27.3 Å². The van der Waals surface area contributed by atoms with Crippen LogP contribution in [0.2, 0.25) is 0 Å². The number of nitrogens with two attached hydrogens (primary N) is 1. The van der Waals surface area contributed by atoms with Crippen LogP contribution in [0.25, 0.3) is 0 Å². The molecule has 2 saturated heterocycles. The molecule has 2 aliphatic heterocycles. The largest absolute Gasteiger partial charge is 0.486 e. The van der Waals surface area contributed by atoms with E-state index in [-0.39, 0.29) is 35.1 Å². The molecule has 0 aromatic heterocycles. The van der Waals surface area contributed by atoms with Gasteiger partial charge in [-0.3, -0.25) is 19.4 Å². The first kappa shape index (κ1) is 19.0. The van der Waals surface area contributed by atoms with Crippen molar-refractivity contribution in [2.75, 3.05) is 39.6 Å². The number of nitro benzene ring substituents is 1. The van der Waals surface area contributed by atoms with Crippen molar-refractivity contribution >= 4 is 15.7 Å². The fourth-order valence-electron chi connectivity index (χ4n) is 3.21. The van der Waals surface area contributed by atoms with Gasteiger partial charge in [0.05, 0.1) is 42.4 Å². The van der Waals surface area contributed by atoms with Crippen LogP contribution in [0, 0.1) is 22.0 Å². The summed E-state index contributed by atoms with van der Waals surface area (Å²) in [6, 6.07) is 3.51. The third-order valence-corrected chi connectivity index (χ3v) is 5.76. The van der Waals surface area contributed by atoms with Crippen LogP contribution in [0.3, 0.4) is 0 Å². The van der Waals surface area contributed by atoms with E-state index >= 15 is 0 Å². The predicted octanol–water partition coefficient (Wildman–Crippen LogP) is 0.537. The minimum atomic E-state index is -4.06. The summed E-state index contributed by atoms with van der Waals surface area (Å²) in [4.78, 5) is 12.3. The lowest BCUT2D eigenvalue weighted by molar-refractivity contribution is -0.386. The third-order valence-electron chi connectivity index (χ3n) is 4.85. The van der Waals surface area contributed by atoms with Crippen molar-refractivity contribution < 1.29 is 27.2 Å². The summed E-state index contributed by atoms with van der Waals surface area (Å²) in [7, 11) is -4.06. The van der Waals surface area contributed by atoms with E-state index in [0.717, 1.165) is 12.1 Å². The van der Waals surface area contributed by atoms with Gasteiger partial charge in [0.1, 0.15) is 0 Å². The fourth-order valence-corrected chi connectivity index (χ4v) is 3.74. The van der Waals surface area contributed by atoms with Gasteiger partial charge in [-0.2, -0.15) is 0 Å². The minimum Gasteiger partial charge on any atom is -0.486 e. The summed E-state index contributed by atoms with van der Waals surface area (Å²) in [5.74, 6) is -0.387. The molecule has 0 aliphatic carbocycles. The van der Waals surface area contributed by atoms with Gasteiger partial charge in [0, 0.05) is 31.0 Å². The second kappa shape index (κ2) is 7.43. The van der Waals surface area contributed by atoms with Crippen molar-refractivity contribution in [2.24, 2.45) is 17.0 Å². The first-order valence-corrected chi connectivity index (χ1v) is 9.66. The number of alkyl halides is 1. The Bertz CT molecular complexity index is 786. The van der Waals surface area contributed by atoms with Crippen molar-refractivity contribution in [1.82, 2.24) is 4.90 Å². The number of hydrogen-bond donors (Lipinski definition) is 1. The zero-order chi connectivity index (χ0) is 18.9. The molecule has 1 aromatic carbocycles. The fraction of sp³-hybridized carbons (Fsp3) is 0.600. The molecule has 0 spiro atoms. The average Bonchev–Trinajstić information content (AvgIpc) is 2.92. The highest BCUT2D eigenvalue weighted by Gasteiger charge is 2.39. The molecule has 2 aliphatic rings. The minimum absolute atomic E-state index is 0.0644. The molecule has 2 unspecified atom stereocenters. The Kier molecular flexibility index (Phi) is 5.42. The van der Waals surface area contributed by atoms with Crippen molar-refractivity contribution in [1.29, 1.82) is 0 Å². The number of sulfonamides is 1. The molecular weight excluding hydrogens is 369 g/mol. The van der Waals surface area contributed by atoms with E-state index in [1.165, 1.54) is 6.07 Å². The highest BCUT2D eigenvalue weighted by atomic mass is 32.2. The summed E-state index contributed by atoms with van der Waals surface area (Å²) in [6.07, 6.45) is 0. The summed E-state index contributed by atoms with van der Waals surface area (Å²) >= 11 is 0. The molecule has 2 fully saturated rings. The Morgan fingerprint density at radius 3 is 2.58 bits per heavy atom. The highest BCUT2D eigenvalue weighted by molar-refractivity contribution is 7.89. The lowest BCUT2D eigenvalue weighted by atomic mass is 9.98. The van der Waals surface area contributed by atoms with Crippen LogP contribution in [0.4, 0.5) is 10.1 Å². The zero-order valence-corrected chi connectivity index (χ0v) is 14.7. The van der Waals surface area contributed by atoms with E-state index in [2.05, 4.69) is 4.90 Å². The molecule has 1 aromatic rings. The van der Waals surface area contributed by atoms with Crippen molar-refractivity contribution in [3.05, 3.63) is 28.3 Å². The number of primary sulfonamides is 1. The number of halogens is 1. The van der Waals surface area contributed by atoms with Crippen LogP contribution >= 0.6 is 0 Å². The summed E-state index contributed by atoms with van der Waals surface area (Å²) in [6.45, 7) is 2.11. The van der Waals surface area contributed by atoms with Crippen LogP contribution in [0.1, 0.15) is 0 Å². The molecular formula is C15H20FN3O6S. The Hall–Kier alpha value is -1.82. The molecule has 0 saturated carbocycles. The number of nitrogens with zero attached hydrogens (tertiary/aromatic N) is 2. The Morgan fingerprint density at radius 1 is 1.35 bits per heavy atom. The predicted molar refractivity (Wildman–Crippen MR) is 89.1 cm³/mol. The highest BCUT2D eigenvalue weighted by Crippen LogP contribution is 2.32. The summed E-state index contributed by atoms with van der Waals surface area (Å²) < 4.78 is 46.8. The van der Waals surface area contributed by atoms with Crippen LogP contribution in [-0.4, -0.2) is 63.9 Å². The first-order chi connectivity index (χ1) is 12.3. The van der Waals surface area contributed by atoms with Gasteiger partial charge in [0.25, 0.3) is 0 Å². The molecule has 9 nitrogen and oxygen atoms in total. The van der Waals surface area contributed by atoms with Crippen LogP contribution in [-0.2, 0) is 14.8 Å². The lowest BCUT2D eigenvalue weighted by Gasteiger charge is -2.34. The normalized spacial score (nSPS) is 24.4. The topological polar surface area (TPSA) is 125 Å². The Morgan fingerprint density at radius 2 is 2.04 bits per heavy atom. The van der Waals surface area contributed by atoms with Gasteiger partial charge in [-0.25, -0.2) is 13.6 Å². The van der Waals surface area contributed by atoms with Crippen molar-refractivity contribution in [2.45, 2.75) is 10.9 Å². The number of benzene rings is 1. The maximum Gasteiger partial charge on any atom is 0.312 e. The van der Waals surface area contributed by atoms with E-state index in [0.29, 0.717) is 26.3 Å². The Balaban J connectivity index is 1.71. The van der Waals surface area contributed by atoms with Crippen molar-refractivity contribution in [3.63, 3.8) is 0 Å². The van der Waals surface area contributed by atoms with Gasteiger partial charge in [-0.1, -0.05) is 0 Å². The molecule has 2 atom stereocenters. The van der Waals surface area contributed by atoms with Gasteiger partial charge < -0.3 is 9.47 Å². The van der Waals surface area contributed by atoms with Crippen molar-refractivity contribution in [3.8, 4) is 5.75 Å². The molecule has 26 heavy (non-hydrogen) atoms. The van der Waals surface area contributed by atoms with Crippen LogP contribution in [0.5, 0.6) is 5.75 Å². The summed E-state index contributed by atoms with van der Waals surface area (Å²) in [5, 5.41) is 16.2. The quantitative estimate of drug-likeness (QED) is 0.533. The molecule has 2 heterocycles. The molecule has 0 radical (unpaired) electrons. The number of likely N-dealkylation sites (tertiary alicyclic amines) is 1. The molecule has 0 bridgehead atoms. The lowest BCUT2D eigenvalue weighted by Crippen LogP contribution is -2.48. The first-order valence-electron chi connectivity index (χ1n) is 8.11. The standard InChI is InChI=1S/C15H20FN3O6S/c16-4-10-5-18(12-8-24-9-12)6-11(10)7-25-15-2-1-13(26(17,22)23)3-14(15)19(20)21/h1-3,10-12H,4-9H2,(H2,17,22,23). The Labute approximate surface area is 150 Å². The molecule has 3 rings (SSSR count). The second-order valence-corrected chi connectivity index (χ2v) is 8.12. The average molecular weight is 389 g/mol. The number of nitro groups is 1. The summed E-state index contributed by atoms with van der Waals surface area (Å²) in [5.41, 5.74) is -0.490. The van der Waals surface area contributed by atoms with E-state index in [4.69, 9.17) is 14.6 Å². The van der Waals surface area contributed by atoms with Gasteiger partial charge in [0.15, 0.2) is 5.75 Å². The number of rotatable bonds is 7. The zero-order valence-electron chi connectivity index (χ0n) is 13.9. The van der Waals surface area contributed by atoms with Gasteiger partial charge in [0.2, 0.25) is 10.0 Å². The number of hydrogen-bond acceptors (Lipinski definition) is 7. The maximum atomic E-state index is 13.3. The molecule has 144 valence electrons. The van der Waals surface area contributed by atoms with E-state index in [1.54, 1.807) is 0 Å². The van der Waals surface area contributed by atoms with Gasteiger partial charge in [-0.15, -0.1) is 0 Å². The second-order valence-electron chi connectivity index (χ2n) is 6.56. The van der Waals surface area contributed by atoms with E-state index in [9.17, 15) is 22.9 Å². The SMILES string of the molecule is NS(=O)(=O)c1ccc(OCC2CN(C3COC3)CC2CF)c([N+](=O)[O-])c1. The number of ether oxygens (including phenoxy) is 2. The molecule has 11 heteroatoms. The molecule has 0 amide bonds. The van der Waals surface area contributed by atoms with Gasteiger partial charge >= 0.3 is 5.69 Å². The monoisotopic (exact) mass is 389 g/mol. The smallest absolute Gasteiger partial charge is 0.312 e.